The Morgan fingerprint density at radius 3 is 2.79 bits per heavy atom. The van der Waals surface area contributed by atoms with Gasteiger partial charge in [0.15, 0.2) is 0 Å². The van der Waals surface area contributed by atoms with Crippen LogP contribution in [0.4, 0.5) is 0 Å². The molecule has 0 aromatic carbocycles. The Hall–Kier alpha value is -0.580. The summed E-state index contributed by atoms with van der Waals surface area (Å²) in [6, 6.07) is 3.64. The highest BCUT2D eigenvalue weighted by molar-refractivity contribution is 7.99. The molecule has 14 heavy (non-hydrogen) atoms. The van der Waals surface area contributed by atoms with Crippen LogP contribution in [0.5, 0.6) is 0 Å². The molecule has 0 spiro atoms. The summed E-state index contributed by atoms with van der Waals surface area (Å²) in [5, 5.41) is 19.2. The SMILES string of the molecule is CC(CO)Sc1cc([C@@H](C)O)ccn1. The first-order chi connectivity index (χ1) is 6.63. The summed E-state index contributed by atoms with van der Waals surface area (Å²) in [5.41, 5.74) is 0.854. The molecular weight excluding hydrogens is 198 g/mol. The van der Waals surface area contributed by atoms with Crippen LogP contribution in [0.3, 0.4) is 0 Å². The molecule has 0 radical (unpaired) electrons. The smallest absolute Gasteiger partial charge is 0.0966 e. The Morgan fingerprint density at radius 2 is 2.21 bits per heavy atom. The lowest BCUT2D eigenvalue weighted by Crippen LogP contribution is -2.02. The third-order valence-corrected chi connectivity index (χ3v) is 2.84. The van der Waals surface area contributed by atoms with Gasteiger partial charge < -0.3 is 10.2 Å². The van der Waals surface area contributed by atoms with Crippen molar-refractivity contribution in [2.45, 2.75) is 30.2 Å². The van der Waals surface area contributed by atoms with E-state index in [1.807, 2.05) is 13.0 Å². The van der Waals surface area contributed by atoms with Gasteiger partial charge in [0.1, 0.15) is 0 Å². The molecule has 1 unspecified atom stereocenters. The molecule has 0 amide bonds. The summed E-state index contributed by atoms with van der Waals surface area (Å²) in [6.07, 6.45) is 1.20. The minimum absolute atomic E-state index is 0.130. The van der Waals surface area contributed by atoms with Crippen LogP contribution in [0, 0.1) is 0 Å². The average Bonchev–Trinajstić information content (AvgIpc) is 2.18. The van der Waals surface area contributed by atoms with E-state index in [1.165, 1.54) is 11.8 Å². The molecule has 3 nitrogen and oxygen atoms in total. The molecule has 0 fully saturated rings. The van der Waals surface area contributed by atoms with Crippen molar-refractivity contribution < 1.29 is 10.2 Å². The Balaban J connectivity index is 2.73. The summed E-state index contributed by atoms with van der Waals surface area (Å²) >= 11 is 1.50. The number of rotatable bonds is 4. The number of pyridine rings is 1. The fraction of sp³-hybridized carbons (Fsp3) is 0.500. The van der Waals surface area contributed by atoms with E-state index in [2.05, 4.69) is 4.98 Å². The van der Waals surface area contributed by atoms with Gasteiger partial charge in [0.05, 0.1) is 17.7 Å². The predicted octanol–water partition coefficient (Wildman–Crippen LogP) is 1.61. The lowest BCUT2D eigenvalue weighted by atomic mass is 10.2. The zero-order chi connectivity index (χ0) is 10.6. The van der Waals surface area contributed by atoms with Gasteiger partial charge in [-0.1, -0.05) is 6.92 Å². The van der Waals surface area contributed by atoms with Crippen molar-refractivity contribution in [3.63, 3.8) is 0 Å². The summed E-state index contributed by atoms with van der Waals surface area (Å²) < 4.78 is 0. The molecule has 2 N–H and O–H groups in total. The highest BCUT2D eigenvalue weighted by Gasteiger charge is 2.06. The normalized spacial score (nSPS) is 15.1. The van der Waals surface area contributed by atoms with Crippen LogP contribution in [0.25, 0.3) is 0 Å². The van der Waals surface area contributed by atoms with Crippen molar-refractivity contribution in [3.05, 3.63) is 23.9 Å². The maximum absolute atomic E-state index is 9.35. The molecular formula is C10H15NO2S. The van der Waals surface area contributed by atoms with E-state index in [1.54, 1.807) is 19.2 Å². The summed E-state index contributed by atoms with van der Waals surface area (Å²) in [7, 11) is 0. The maximum atomic E-state index is 9.35. The van der Waals surface area contributed by atoms with Crippen LogP contribution in [-0.2, 0) is 0 Å². The first-order valence-electron chi connectivity index (χ1n) is 4.55. The third kappa shape index (κ3) is 3.29. The van der Waals surface area contributed by atoms with Crippen molar-refractivity contribution in [3.8, 4) is 0 Å². The first kappa shape index (κ1) is 11.5. The molecule has 0 aliphatic carbocycles. The van der Waals surface area contributed by atoms with E-state index in [9.17, 15) is 5.11 Å². The van der Waals surface area contributed by atoms with Gasteiger partial charge in [0.2, 0.25) is 0 Å². The monoisotopic (exact) mass is 213 g/mol. The molecule has 0 saturated carbocycles. The van der Waals surface area contributed by atoms with Gasteiger partial charge >= 0.3 is 0 Å². The quantitative estimate of drug-likeness (QED) is 0.746. The van der Waals surface area contributed by atoms with Gasteiger partial charge in [-0.2, -0.15) is 0 Å². The van der Waals surface area contributed by atoms with Crippen LogP contribution in [-0.4, -0.2) is 27.1 Å². The van der Waals surface area contributed by atoms with Crippen molar-refractivity contribution in [1.29, 1.82) is 0 Å². The first-order valence-corrected chi connectivity index (χ1v) is 5.43. The molecule has 0 aliphatic rings. The molecule has 1 aromatic rings. The molecule has 1 heterocycles. The number of aliphatic hydroxyl groups is 2. The number of aromatic nitrogens is 1. The number of nitrogens with zero attached hydrogens (tertiary/aromatic N) is 1. The number of hydrogen-bond donors (Lipinski definition) is 2. The summed E-state index contributed by atoms with van der Waals surface area (Å²) in [6.45, 7) is 3.78. The Labute approximate surface area is 88.2 Å². The average molecular weight is 213 g/mol. The minimum Gasteiger partial charge on any atom is -0.395 e. The van der Waals surface area contributed by atoms with Crippen LogP contribution < -0.4 is 0 Å². The van der Waals surface area contributed by atoms with Crippen molar-refractivity contribution >= 4 is 11.8 Å². The fourth-order valence-electron chi connectivity index (χ4n) is 0.992. The highest BCUT2D eigenvalue weighted by atomic mass is 32.2. The second-order valence-electron chi connectivity index (χ2n) is 3.21. The van der Waals surface area contributed by atoms with E-state index in [4.69, 9.17) is 5.11 Å². The number of hydrogen-bond acceptors (Lipinski definition) is 4. The van der Waals surface area contributed by atoms with Gasteiger partial charge in [-0.15, -0.1) is 11.8 Å². The summed E-state index contributed by atoms with van der Waals surface area (Å²) in [5.74, 6) is 0. The third-order valence-electron chi connectivity index (χ3n) is 1.82. The number of thioether (sulfide) groups is 1. The fourth-order valence-corrected chi connectivity index (χ4v) is 1.81. The Bertz CT molecular complexity index is 291. The van der Waals surface area contributed by atoms with Crippen molar-refractivity contribution in [2.24, 2.45) is 0 Å². The second-order valence-corrected chi connectivity index (χ2v) is 4.67. The van der Waals surface area contributed by atoms with Crippen LogP contribution in [0.2, 0.25) is 0 Å². The highest BCUT2D eigenvalue weighted by Crippen LogP contribution is 2.23. The van der Waals surface area contributed by atoms with E-state index >= 15 is 0 Å². The standard InChI is InChI=1S/C10H15NO2S/c1-7(6-12)14-10-5-9(8(2)13)3-4-11-10/h3-5,7-8,12-13H,6H2,1-2H3/t7?,8-/m1/s1. The minimum atomic E-state index is -0.471. The van der Waals surface area contributed by atoms with E-state index in [0.717, 1.165) is 10.6 Å². The van der Waals surface area contributed by atoms with Crippen LogP contribution >= 0.6 is 11.8 Å². The van der Waals surface area contributed by atoms with Crippen molar-refractivity contribution in [2.75, 3.05) is 6.61 Å². The molecule has 4 heteroatoms. The maximum Gasteiger partial charge on any atom is 0.0966 e. The molecule has 0 saturated heterocycles. The second kappa shape index (κ2) is 5.34. The number of aliphatic hydroxyl groups excluding tert-OH is 2. The van der Waals surface area contributed by atoms with E-state index < -0.39 is 6.10 Å². The van der Waals surface area contributed by atoms with Gasteiger partial charge in [0, 0.05) is 11.4 Å². The topological polar surface area (TPSA) is 53.4 Å². The largest absolute Gasteiger partial charge is 0.395 e. The molecule has 0 bridgehead atoms. The predicted molar refractivity (Wildman–Crippen MR) is 57.3 cm³/mol. The van der Waals surface area contributed by atoms with E-state index in [-0.39, 0.29) is 11.9 Å². The molecule has 78 valence electrons. The van der Waals surface area contributed by atoms with Crippen LogP contribution in [0.1, 0.15) is 25.5 Å². The molecule has 1 aromatic heterocycles. The van der Waals surface area contributed by atoms with Gasteiger partial charge in [-0.25, -0.2) is 4.98 Å². The zero-order valence-corrected chi connectivity index (χ0v) is 9.16. The van der Waals surface area contributed by atoms with Gasteiger partial charge in [-0.3, -0.25) is 0 Å². The molecule has 0 aliphatic heterocycles. The lowest BCUT2D eigenvalue weighted by Gasteiger charge is -2.09. The zero-order valence-electron chi connectivity index (χ0n) is 8.34. The Kier molecular flexibility index (Phi) is 4.38. The van der Waals surface area contributed by atoms with Gasteiger partial charge in [-0.05, 0) is 24.6 Å². The Morgan fingerprint density at radius 1 is 1.50 bits per heavy atom. The lowest BCUT2D eigenvalue weighted by molar-refractivity contribution is 0.199. The molecule has 1 rings (SSSR count). The molecule has 2 atom stereocenters. The summed E-state index contributed by atoms with van der Waals surface area (Å²) in [4.78, 5) is 4.15. The van der Waals surface area contributed by atoms with Gasteiger partial charge in [0.25, 0.3) is 0 Å². The van der Waals surface area contributed by atoms with Crippen LogP contribution in [0.15, 0.2) is 23.4 Å². The van der Waals surface area contributed by atoms with E-state index in [0.29, 0.717) is 0 Å². The van der Waals surface area contributed by atoms with Crippen molar-refractivity contribution in [1.82, 2.24) is 4.98 Å².